The first kappa shape index (κ1) is 15.3. The molecule has 1 unspecified atom stereocenters. The monoisotopic (exact) mass is 269 g/mol. The number of likely N-dealkylation sites (tertiary alicyclic amines) is 1. The van der Waals surface area contributed by atoms with Gasteiger partial charge in [-0.25, -0.2) is 9.59 Å². The highest BCUT2D eigenvalue weighted by molar-refractivity contribution is 5.82. The lowest BCUT2D eigenvalue weighted by Gasteiger charge is -2.27. The number of rotatable bonds is 1. The van der Waals surface area contributed by atoms with E-state index in [0.717, 1.165) is 4.90 Å². The second-order valence-electron chi connectivity index (χ2n) is 5.53. The molecule has 0 radical (unpaired) electrons. The van der Waals surface area contributed by atoms with Gasteiger partial charge in [-0.3, -0.25) is 4.90 Å². The molecule has 0 aromatic heterocycles. The Labute approximate surface area is 112 Å². The van der Waals surface area contributed by atoms with Crippen LogP contribution in [-0.4, -0.2) is 53.0 Å². The van der Waals surface area contributed by atoms with Gasteiger partial charge in [-0.2, -0.15) is 0 Å². The molecule has 6 nitrogen and oxygen atoms in total. The summed E-state index contributed by atoms with van der Waals surface area (Å²) in [6.07, 6.45) is 4.47. The van der Waals surface area contributed by atoms with Crippen molar-refractivity contribution in [2.75, 3.05) is 13.7 Å². The zero-order valence-electron chi connectivity index (χ0n) is 11.6. The predicted molar refractivity (Wildman–Crippen MR) is 67.1 cm³/mol. The van der Waals surface area contributed by atoms with E-state index in [1.165, 1.54) is 7.11 Å². The number of terminal acetylenes is 1. The van der Waals surface area contributed by atoms with Gasteiger partial charge < -0.3 is 14.6 Å². The number of nitrogens with zero attached hydrogens (tertiary/aromatic N) is 1. The van der Waals surface area contributed by atoms with Crippen molar-refractivity contribution in [2.24, 2.45) is 0 Å². The van der Waals surface area contributed by atoms with E-state index in [-0.39, 0.29) is 13.0 Å². The lowest BCUT2D eigenvalue weighted by molar-refractivity contribution is -0.145. The minimum absolute atomic E-state index is 0.0601. The van der Waals surface area contributed by atoms with Gasteiger partial charge in [0.2, 0.25) is 0 Å². The van der Waals surface area contributed by atoms with Gasteiger partial charge in [-0.15, -0.1) is 6.42 Å². The summed E-state index contributed by atoms with van der Waals surface area (Å²) < 4.78 is 9.80. The molecule has 1 saturated heterocycles. The van der Waals surface area contributed by atoms with E-state index in [1.807, 2.05) is 0 Å². The summed E-state index contributed by atoms with van der Waals surface area (Å²) in [7, 11) is 1.21. The summed E-state index contributed by atoms with van der Waals surface area (Å²) in [6.45, 7) is 4.97. The highest BCUT2D eigenvalue weighted by atomic mass is 16.6. The first-order valence-corrected chi connectivity index (χ1v) is 5.89. The van der Waals surface area contributed by atoms with Crippen LogP contribution in [0.1, 0.15) is 27.2 Å². The van der Waals surface area contributed by atoms with Gasteiger partial charge in [0.25, 0.3) is 0 Å². The van der Waals surface area contributed by atoms with Crippen LogP contribution in [0, 0.1) is 12.3 Å². The first-order valence-electron chi connectivity index (χ1n) is 5.89. The van der Waals surface area contributed by atoms with Crippen LogP contribution >= 0.6 is 0 Å². The molecular weight excluding hydrogens is 250 g/mol. The third-order valence-corrected chi connectivity index (χ3v) is 2.71. The molecule has 1 aliphatic heterocycles. The molecule has 1 aliphatic rings. The zero-order valence-corrected chi connectivity index (χ0v) is 11.6. The van der Waals surface area contributed by atoms with Gasteiger partial charge in [0.05, 0.1) is 13.7 Å². The predicted octanol–water partition coefficient (Wildman–Crippen LogP) is 0.533. The molecule has 0 aliphatic carbocycles. The van der Waals surface area contributed by atoms with Crippen molar-refractivity contribution in [3.8, 4) is 12.3 Å². The molecule has 0 spiro atoms. The Kier molecular flexibility index (Phi) is 4.11. The zero-order chi connectivity index (χ0) is 14.8. The van der Waals surface area contributed by atoms with Crippen molar-refractivity contribution < 1.29 is 24.2 Å². The lowest BCUT2D eigenvalue weighted by atomic mass is 10.0. The Balaban J connectivity index is 2.93. The van der Waals surface area contributed by atoms with E-state index in [2.05, 4.69) is 10.7 Å². The summed E-state index contributed by atoms with van der Waals surface area (Å²) in [5.41, 5.74) is -2.23. The molecule has 0 saturated carbocycles. The molecule has 1 N–H and O–H groups in total. The molecule has 0 aromatic carbocycles. The molecule has 6 heteroatoms. The quantitative estimate of drug-likeness (QED) is 0.555. The number of methoxy groups -OCH3 is 1. The summed E-state index contributed by atoms with van der Waals surface area (Å²) in [4.78, 5) is 24.8. The van der Waals surface area contributed by atoms with Crippen molar-refractivity contribution in [1.82, 2.24) is 4.90 Å². The SMILES string of the molecule is C#CC1(O)C[C@@H](C(=O)OC)N(C(=O)OC(C)(C)C)C1. The van der Waals surface area contributed by atoms with E-state index in [0.29, 0.717) is 0 Å². The number of esters is 1. The highest BCUT2D eigenvalue weighted by Gasteiger charge is 2.48. The smallest absolute Gasteiger partial charge is 0.411 e. The normalized spacial score (nSPS) is 26.7. The maximum atomic E-state index is 12.0. The third kappa shape index (κ3) is 3.61. The first-order chi connectivity index (χ1) is 8.62. The van der Waals surface area contributed by atoms with Crippen LogP contribution in [0.3, 0.4) is 0 Å². The summed E-state index contributed by atoms with van der Waals surface area (Å²) >= 11 is 0. The van der Waals surface area contributed by atoms with Gasteiger partial charge in [0, 0.05) is 6.42 Å². The Hall–Kier alpha value is -1.74. The Bertz CT molecular complexity index is 420. The van der Waals surface area contributed by atoms with Gasteiger partial charge in [0.1, 0.15) is 17.2 Å². The molecule has 1 fully saturated rings. The van der Waals surface area contributed by atoms with Crippen molar-refractivity contribution in [3.63, 3.8) is 0 Å². The Morgan fingerprint density at radius 1 is 1.47 bits per heavy atom. The molecule has 106 valence electrons. The number of carbonyl (C=O) groups excluding carboxylic acids is 2. The molecular formula is C13H19NO5. The number of hydrogen-bond donors (Lipinski definition) is 1. The molecule has 0 bridgehead atoms. The number of carbonyl (C=O) groups is 2. The number of hydrogen-bond acceptors (Lipinski definition) is 5. The summed E-state index contributed by atoms with van der Waals surface area (Å²) in [5.74, 6) is 1.57. The largest absolute Gasteiger partial charge is 0.467 e. The Morgan fingerprint density at radius 2 is 2.05 bits per heavy atom. The van der Waals surface area contributed by atoms with Crippen LogP contribution in [0.15, 0.2) is 0 Å². The van der Waals surface area contributed by atoms with E-state index in [4.69, 9.17) is 11.2 Å². The third-order valence-electron chi connectivity index (χ3n) is 2.71. The van der Waals surface area contributed by atoms with Crippen LogP contribution in [0.2, 0.25) is 0 Å². The topological polar surface area (TPSA) is 76.1 Å². The lowest BCUT2D eigenvalue weighted by Crippen LogP contribution is -2.44. The number of aliphatic hydroxyl groups is 1. The fourth-order valence-electron chi connectivity index (χ4n) is 1.85. The van der Waals surface area contributed by atoms with Crippen LogP contribution < -0.4 is 0 Å². The number of β-amino-alcohol motifs (C(OH)–C–C–N with tert-alkyl or cyclic N) is 1. The van der Waals surface area contributed by atoms with Crippen molar-refractivity contribution in [3.05, 3.63) is 0 Å². The van der Waals surface area contributed by atoms with Crippen molar-refractivity contribution >= 4 is 12.1 Å². The van der Waals surface area contributed by atoms with Crippen molar-refractivity contribution in [1.29, 1.82) is 0 Å². The van der Waals surface area contributed by atoms with E-state index >= 15 is 0 Å². The fourth-order valence-corrected chi connectivity index (χ4v) is 1.85. The summed E-state index contributed by atoms with van der Waals surface area (Å²) in [6, 6.07) is -0.930. The maximum absolute atomic E-state index is 12.0. The molecule has 19 heavy (non-hydrogen) atoms. The number of ether oxygens (including phenoxy) is 2. The molecule has 1 rings (SSSR count). The molecule has 2 atom stereocenters. The van der Waals surface area contributed by atoms with Crippen LogP contribution in [-0.2, 0) is 14.3 Å². The van der Waals surface area contributed by atoms with Crippen LogP contribution in [0.4, 0.5) is 4.79 Å². The molecule has 1 amide bonds. The second-order valence-corrected chi connectivity index (χ2v) is 5.53. The van der Waals surface area contributed by atoms with Gasteiger partial charge in [0.15, 0.2) is 0 Å². The van der Waals surface area contributed by atoms with Crippen LogP contribution in [0.25, 0.3) is 0 Å². The maximum Gasteiger partial charge on any atom is 0.411 e. The standard InChI is InChI=1S/C13H19NO5/c1-6-13(17)7-9(10(15)18-5)14(8-13)11(16)19-12(2,3)4/h1,9,17H,7-8H2,2-5H3/t9-,13?/m0/s1. The van der Waals surface area contributed by atoms with Gasteiger partial charge in [-0.05, 0) is 20.8 Å². The fraction of sp³-hybridized carbons (Fsp3) is 0.692. The minimum Gasteiger partial charge on any atom is -0.467 e. The highest BCUT2D eigenvalue weighted by Crippen LogP contribution is 2.29. The Morgan fingerprint density at radius 3 is 2.47 bits per heavy atom. The van der Waals surface area contributed by atoms with Crippen LogP contribution in [0.5, 0.6) is 0 Å². The van der Waals surface area contributed by atoms with Crippen molar-refractivity contribution in [2.45, 2.75) is 44.4 Å². The number of amides is 1. The average Bonchev–Trinajstić information content (AvgIpc) is 2.65. The van der Waals surface area contributed by atoms with E-state index < -0.39 is 29.3 Å². The van der Waals surface area contributed by atoms with E-state index in [9.17, 15) is 14.7 Å². The molecule has 1 heterocycles. The summed E-state index contributed by atoms with van der Waals surface area (Å²) in [5, 5.41) is 10.0. The van der Waals surface area contributed by atoms with Gasteiger partial charge >= 0.3 is 12.1 Å². The average molecular weight is 269 g/mol. The second kappa shape index (κ2) is 5.10. The van der Waals surface area contributed by atoms with E-state index in [1.54, 1.807) is 20.8 Å². The minimum atomic E-state index is -1.53. The van der Waals surface area contributed by atoms with Gasteiger partial charge in [-0.1, -0.05) is 5.92 Å². The molecule has 0 aromatic rings.